The molecule has 5 N–H and O–H groups in total. The zero-order chi connectivity index (χ0) is 23.5. The van der Waals surface area contributed by atoms with E-state index in [4.69, 9.17) is 11.5 Å². The van der Waals surface area contributed by atoms with Crippen molar-refractivity contribution in [1.29, 1.82) is 0 Å². The number of thiazole rings is 1. The summed E-state index contributed by atoms with van der Waals surface area (Å²) in [5.41, 5.74) is 16.5. The second-order valence-corrected chi connectivity index (χ2v) is 9.22. The molecule has 3 aromatic heterocycles. The van der Waals surface area contributed by atoms with Crippen LogP contribution in [0.4, 0.5) is 17.1 Å². The quantitative estimate of drug-likeness (QED) is 0.366. The Morgan fingerprint density at radius 2 is 2.18 bits per heavy atom. The van der Waals surface area contributed by atoms with Crippen molar-refractivity contribution in [3.8, 4) is 10.6 Å². The van der Waals surface area contributed by atoms with Crippen molar-refractivity contribution in [2.45, 2.75) is 25.4 Å². The molecule has 1 fully saturated rings. The second-order valence-electron chi connectivity index (χ2n) is 8.36. The monoisotopic (exact) mass is 474 g/mol. The first-order chi connectivity index (χ1) is 16.5. The van der Waals surface area contributed by atoms with Gasteiger partial charge in [-0.2, -0.15) is 5.10 Å². The third-order valence-electron chi connectivity index (χ3n) is 5.73. The zero-order valence-corrected chi connectivity index (χ0v) is 19.4. The first-order valence-corrected chi connectivity index (χ1v) is 12.0. The lowest BCUT2D eigenvalue weighted by Gasteiger charge is -2.34. The fourth-order valence-electron chi connectivity index (χ4n) is 4.07. The number of carbonyl (C=O) groups is 1. The van der Waals surface area contributed by atoms with Crippen LogP contribution in [0.15, 0.2) is 60.4 Å². The maximum atomic E-state index is 13.0. The number of aromatic nitrogens is 4. The number of anilines is 3. The van der Waals surface area contributed by atoms with Crippen molar-refractivity contribution in [1.82, 2.24) is 19.7 Å². The Morgan fingerprint density at radius 1 is 1.26 bits per heavy atom. The number of hydrogen-bond acceptors (Lipinski definition) is 8. The molecule has 5 rings (SSSR count). The maximum absolute atomic E-state index is 13.0. The van der Waals surface area contributed by atoms with Crippen LogP contribution < -0.4 is 21.7 Å². The first-order valence-electron chi connectivity index (χ1n) is 11.1. The summed E-state index contributed by atoms with van der Waals surface area (Å²) in [6.07, 6.45) is 7.44. The van der Waals surface area contributed by atoms with Gasteiger partial charge in [0.05, 0.1) is 29.8 Å². The second kappa shape index (κ2) is 9.62. The molecule has 1 aliphatic heterocycles. The fraction of sp³-hybridized carbons (Fsp3) is 0.250. The highest BCUT2D eigenvalue weighted by Crippen LogP contribution is 2.31. The average Bonchev–Trinajstić information content (AvgIpc) is 3.50. The largest absolute Gasteiger partial charge is 0.399 e. The molecule has 10 heteroatoms. The van der Waals surface area contributed by atoms with Gasteiger partial charge < -0.3 is 21.7 Å². The van der Waals surface area contributed by atoms with Crippen molar-refractivity contribution in [2.75, 3.05) is 29.0 Å². The minimum absolute atomic E-state index is 0.120. The molecule has 0 bridgehead atoms. The Bertz CT molecular complexity index is 1290. The van der Waals surface area contributed by atoms with Gasteiger partial charge in [0.15, 0.2) is 0 Å². The molecule has 1 aliphatic rings. The SMILES string of the molecule is Nc1ccc(N2CCC[C@@H](N)C2)c(NC(=O)c2csc(-c3cnn(Cc4ccccn4)c3)n2)c1. The van der Waals surface area contributed by atoms with E-state index in [0.29, 0.717) is 23.6 Å². The molecule has 0 spiro atoms. The van der Waals surface area contributed by atoms with Gasteiger partial charge in [-0.1, -0.05) is 6.07 Å². The Balaban J connectivity index is 1.31. The number of nitrogen functional groups attached to an aromatic ring is 1. The Hall–Kier alpha value is -3.76. The van der Waals surface area contributed by atoms with Crippen LogP contribution in [0.3, 0.4) is 0 Å². The molecular formula is C24H26N8OS. The van der Waals surface area contributed by atoms with Crippen LogP contribution in [-0.4, -0.2) is 44.8 Å². The van der Waals surface area contributed by atoms with Crippen molar-refractivity contribution >= 4 is 34.3 Å². The summed E-state index contributed by atoms with van der Waals surface area (Å²) in [6.45, 7) is 2.21. The maximum Gasteiger partial charge on any atom is 0.275 e. The van der Waals surface area contributed by atoms with E-state index < -0.39 is 0 Å². The number of rotatable bonds is 6. The van der Waals surface area contributed by atoms with Crippen LogP contribution in [0, 0.1) is 0 Å². The Kier molecular flexibility index (Phi) is 6.24. The van der Waals surface area contributed by atoms with E-state index in [1.165, 1.54) is 11.3 Å². The van der Waals surface area contributed by atoms with Crippen LogP contribution >= 0.6 is 11.3 Å². The van der Waals surface area contributed by atoms with Crippen molar-refractivity contribution < 1.29 is 4.79 Å². The molecular weight excluding hydrogens is 448 g/mol. The lowest BCUT2D eigenvalue weighted by atomic mass is 10.1. The molecule has 1 saturated heterocycles. The molecule has 1 aromatic carbocycles. The molecule has 0 aliphatic carbocycles. The van der Waals surface area contributed by atoms with Gasteiger partial charge in [-0.05, 0) is 43.2 Å². The van der Waals surface area contributed by atoms with Gasteiger partial charge in [0, 0.05) is 48.2 Å². The molecule has 0 saturated carbocycles. The fourth-order valence-corrected chi connectivity index (χ4v) is 4.85. The number of hydrogen-bond donors (Lipinski definition) is 3. The lowest BCUT2D eigenvalue weighted by Crippen LogP contribution is -2.43. The van der Waals surface area contributed by atoms with E-state index in [9.17, 15) is 4.79 Å². The minimum Gasteiger partial charge on any atom is -0.399 e. The number of pyridine rings is 1. The smallest absolute Gasteiger partial charge is 0.275 e. The van der Waals surface area contributed by atoms with Gasteiger partial charge in [0.1, 0.15) is 10.7 Å². The molecule has 4 heterocycles. The highest BCUT2D eigenvalue weighted by molar-refractivity contribution is 7.13. The molecule has 9 nitrogen and oxygen atoms in total. The number of nitrogens with zero attached hydrogens (tertiary/aromatic N) is 5. The number of carbonyl (C=O) groups excluding carboxylic acids is 1. The molecule has 0 radical (unpaired) electrons. The van der Waals surface area contributed by atoms with Gasteiger partial charge in [-0.25, -0.2) is 4.98 Å². The van der Waals surface area contributed by atoms with Crippen LogP contribution in [0.2, 0.25) is 0 Å². The van der Waals surface area contributed by atoms with E-state index in [2.05, 4.69) is 25.3 Å². The lowest BCUT2D eigenvalue weighted by molar-refractivity contribution is 0.102. The number of piperidine rings is 1. The summed E-state index contributed by atoms with van der Waals surface area (Å²) in [5.74, 6) is -0.281. The molecule has 34 heavy (non-hydrogen) atoms. The number of nitrogens with two attached hydrogens (primary N) is 2. The van der Waals surface area contributed by atoms with Crippen molar-refractivity contribution in [3.05, 3.63) is 71.8 Å². The van der Waals surface area contributed by atoms with Crippen LogP contribution in [0.25, 0.3) is 10.6 Å². The van der Waals surface area contributed by atoms with Crippen LogP contribution in [0.5, 0.6) is 0 Å². The summed E-state index contributed by atoms with van der Waals surface area (Å²) in [5, 5.41) is 9.88. The van der Waals surface area contributed by atoms with Gasteiger partial charge in [-0.15, -0.1) is 11.3 Å². The molecule has 1 amide bonds. The highest BCUT2D eigenvalue weighted by Gasteiger charge is 2.21. The topological polar surface area (TPSA) is 128 Å². The molecule has 174 valence electrons. The molecule has 4 aromatic rings. The highest BCUT2D eigenvalue weighted by atomic mass is 32.1. The minimum atomic E-state index is -0.281. The zero-order valence-electron chi connectivity index (χ0n) is 18.6. The summed E-state index contributed by atoms with van der Waals surface area (Å²) in [6, 6.07) is 11.5. The normalized spacial score (nSPS) is 15.9. The van der Waals surface area contributed by atoms with E-state index >= 15 is 0 Å². The van der Waals surface area contributed by atoms with Crippen LogP contribution in [0.1, 0.15) is 29.0 Å². The van der Waals surface area contributed by atoms with Gasteiger partial charge >= 0.3 is 0 Å². The summed E-state index contributed by atoms with van der Waals surface area (Å²) >= 11 is 1.40. The van der Waals surface area contributed by atoms with Gasteiger partial charge in [-0.3, -0.25) is 14.5 Å². The Labute approximate surface area is 201 Å². The summed E-state index contributed by atoms with van der Waals surface area (Å²) in [4.78, 5) is 24.1. The summed E-state index contributed by atoms with van der Waals surface area (Å²) in [7, 11) is 0. The van der Waals surface area contributed by atoms with E-state index in [0.717, 1.165) is 47.9 Å². The van der Waals surface area contributed by atoms with Crippen molar-refractivity contribution in [2.24, 2.45) is 5.73 Å². The number of nitrogens with one attached hydrogen (secondary N) is 1. The standard InChI is InChI=1S/C24H26N8OS/c25-17-6-7-22(31-9-3-4-18(26)13-31)20(10-17)29-23(33)21-15-34-24(30-21)16-11-28-32(12-16)14-19-5-1-2-8-27-19/h1-2,5-8,10-12,15,18H,3-4,9,13-14,25-26H2,(H,29,33)/t18-/m1/s1. The van der Waals surface area contributed by atoms with Gasteiger partial charge in [0.2, 0.25) is 0 Å². The van der Waals surface area contributed by atoms with Crippen LogP contribution in [-0.2, 0) is 6.54 Å². The Morgan fingerprint density at radius 3 is 3.00 bits per heavy atom. The number of amides is 1. The van der Waals surface area contributed by atoms with E-state index in [1.807, 2.05) is 36.5 Å². The summed E-state index contributed by atoms with van der Waals surface area (Å²) < 4.78 is 1.81. The third-order valence-corrected chi connectivity index (χ3v) is 6.63. The molecule has 1 atom stereocenters. The van der Waals surface area contributed by atoms with E-state index in [-0.39, 0.29) is 11.9 Å². The predicted octanol–water partition coefficient (Wildman–Crippen LogP) is 3.21. The van der Waals surface area contributed by atoms with Gasteiger partial charge in [0.25, 0.3) is 5.91 Å². The molecule has 0 unspecified atom stereocenters. The third kappa shape index (κ3) is 4.92. The number of benzene rings is 1. The van der Waals surface area contributed by atoms with Crippen molar-refractivity contribution in [3.63, 3.8) is 0 Å². The predicted molar refractivity (Wildman–Crippen MR) is 135 cm³/mol. The van der Waals surface area contributed by atoms with E-state index in [1.54, 1.807) is 28.5 Å². The first kappa shape index (κ1) is 22.1. The average molecular weight is 475 g/mol.